The van der Waals surface area contributed by atoms with Gasteiger partial charge < -0.3 is 14.4 Å². The minimum absolute atomic E-state index is 0.242. The molecular weight excluding hydrogens is 258 g/mol. The largest absolute Gasteiger partial charge is 0.392 e. The Kier molecular flexibility index (Phi) is 3.50. The molecule has 106 valence electrons. The molecule has 2 aromatic rings. The Morgan fingerprint density at radius 2 is 1.95 bits per heavy atom. The highest BCUT2D eigenvalue weighted by molar-refractivity contribution is 5.55. The summed E-state index contributed by atoms with van der Waals surface area (Å²) < 4.78 is 10.6. The van der Waals surface area contributed by atoms with Crippen LogP contribution in [-0.4, -0.2) is 39.5 Å². The van der Waals surface area contributed by atoms with Gasteiger partial charge in [-0.15, -0.1) is 0 Å². The van der Waals surface area contributed by atoms with E-state index in [1.807, 2.05) is 26.0 Å². The Morgan fingerprint density at radius 3 is 2.65 bits per heavy atom. The topological polar surface area (TPSA) is 81.3 Å². The van der Waals surface area contributed by atoms with Crippen molar-refractivity contribution in [2.45, 2.75) is 32.3 Å². The third-order valence-corrected chi connectivity index (χ3v) is 3.42. The van der Waals surface area contributed by atoms with E-state index in [0.29, 0.717) is 31.3 Å². The number of ether oxygens (including phenoxy) is 1. The standard InChI is InChI=1S/C14H17N3O3/c1-8-5-10(6-9(2)15-8)13-16-14(20-17-13)11-7-19-4-3-12(11)18/h5-6,11-12,18H,3-4,7H2,1-2H3. The lowest BCUT2D eigenvalue weighted by molar-refractivity contribution is -0.0149. The molecule has 2 unspecified atom stereocenters. The van der Waals surface area contributed by atoms with Crippen LogP contribution in [0.1, 0.15) is 29.6 Å². The molecule has 6 nitrogen and oxygen atoms in total. The van der Waals surface area contributed by atoms with Gasteiger partial charge in [-0.3, -0.25) is 4.98 Å². The smallest absolute Gasteiger partial charge is 0.235 e. The van der Waals surface area contributed by atoms with Gasteiger partial charge >= 0.3 is 0 Å². The summed E-state index contributed by atoms with van der Waals surface area (Å²) in [7, 11) is 0. The van der Waals surface area contributed by atoms with Crippen LogP contribution in [0.25, 0.3) is 11.4 Å². The van der Waals surface area contributed by atoms with Crippen LogP contribution < -0.4 is 0 Å². The van der Waals surface area contributed by atoms with Crippen molar-refractivity contribution in [3.8, 4) is 11.4 Å². The van der Waals surface area contributed by atoms with Gasteiger partial charge in [-0.1, -0.05) is 5.16 Å². The zero-order valence-corrected chi connectivity index (χ0v) is 11.5. The normalized spacial score (nSPS) is 22.9. The first-order valence-electron chi connectivity index (χ1n) is 6.68. The average Bonchev–Trinajstić information content (AvgIpc) is 2.87. The van der Waals surface area contributed by atoms with Crippen LogP contribution in [0.4, 0.5) is 0 Å². The summed E-state index contributed by atoms with van der Waals surface area (Å²) in [6.45, 7) is 4.84. The molecule has 0 bridgehead atoms. The molecule has 0 aliphatic carbocycles. The minimum atomic E-state index is -0.488. The first-order valence-corrected chi connectivity index (χ1v) is 6.68. The van der Waals surface area contributed by atoms with E-state index in [1.54, 1.807) is 0 Å². The highest BCUT2D eigenvalue weighted by atomic mass is 16.5. The average molecular weight is 275 g/mol. The van der Waals surface area contributed by atoms with Gasteiger partial charge in [0.2, 0.25) is 11.7 Å². The first kappa shape index (κ1) is 13.2. The van der Waals surface area contributed by atoms with Crippen LogP contribution in [0, 0.1) is 13.8 Å². The van der Waals surface area contributed by atoms with Gasteiger partial charge in [-0.05, 0) is 32.4 Å². The molecule has 20 heavy (non-hydrogen) atoms. The van der Waals surface area contributed by atoms with Gasteiger partial charge in [0.15, 0.2) is 0 Å². The number of pyridine rings is 1. The fourth-order valence-corrected chi connectivity index (χ4v) is 2.43. The predicted octanol–water partition coefficient (Wildman–Crippen LogP) is 1.61. The van der Waals surface area contributed by atoms with Crippen molar-refractivity contribution in [2.24, 2.45) is 0 Å². The third-order valence-electron chi connectivity index (χ3n) is 3.42. The predicted molar refractivity (Wildman–Crippen MR) is 71.2 cm³/mol. The maximum Gasteiger partial charge on any atom is 0.235 e. The zero-order valence-electron chi connectivity index (χ0n) is 11.5. The maximum atomic E-state index is 9.97. The number of aryl methyl sites for hydroxylation is 2. The van der Waals surface area contributed by atoms with E-state index in [4.69, 9.17) is 9.26 Å². The number of aliphatic hydroxyl groups is 1. The molecule has 1 fully saturated rings. The molecule has 0 amide bonds. The van der Waals surface area contributed by atoms with Crippen LogP contribution in [0.3, 0.4) is 0 Å². The van der Waals surface area contributed by atoms with Crippen molar-refractivity contribution >= 4 is 0 Å². The summed E-state index contributed by atoms with van der Waals surface area (Å²) in [6.07, 6.45) is 0.105. The maximum absolute atomic E-state index is 9.97. The monoisotopic (exact) mass is 275 g/mol. The van der Waals surface area contributed by atoms with Crippen LogP contribution in [-0.2, 0) is 4.74 Å². The number of hydrogen-bond acceptors (Lipinski definition) is 6. The van der Waals surface area contributed by atoms with Gasteiger partial charge in [-0.25, -0.2) is 0 Å². The van der Waals surface area contributed by atoms with E-state index in [-0.39, 0.29) is 5.92 Å². The molecule has 6 heteroatoms. The molecule has 0 aromatic carbocycles. The molecular formula is C14H17N3O3. The van der Waals surface area contributed by atoms with Gasteiger partial charge in [0, 0.05) is 23.6 Å². The lowest BCUT2D eigenvalue weighted by Gasteiger charge is -2.24. The fourth-order valence-electron chi connectivity index (χ4n) is 2.43. The Hall–Kier alpha value is -1.79. The van der Waals surface area contributed by atoms with Crippen LogP contribution in [0.15, 0.2) is 16.7 Å². The second kappa shape index (κ2) is 5.30. The van der Waals surface area contributed by atoms with Gasteiger partial charge in [-0.2, -0.15) is 4.98 Å². The molecule has 1 N–H and O–H groups in total. The Morgan fingerprint density at radius 1 is 1.20 bits per heavy atom. The van der Waals surface area contributed by atoms with Crippen molar-refractivity contribution in [3.63, 3.8) is 0 Å². The number of nitrogens with zero attached hydrogens (tertiary/aromatic N) is 3. The van der Waals surface area contributed by atoms with E-state index < -0.39 is 6.10 Å². The molecule has 1 saturated heterocycles. The quantitative estimate of drug-likeness (QED) is 0.896. The molecule has 3 rings (SSSR count). The Labute approximate surface area is 116 Å². The van der Waals surface area contributed by atoms with Crippen molar-refractivity contribution in [3.05, 3.63) is 29.4 Å². The van der Waals surface area contributed by atoms with Crippen molar-refractivity contribution in [2.75, 3.05) is 13.2 Å². The summed E-state index contributed by atoms with van der Waals surface area (Å²) in [6, 6.07) is 3.82. The van der Waals surface area contributed by atoms with Crippen molar-refractivity contribution in [1.82, 2.24) is 15.1 Å². The Balaban J connectivity index is 1.89. The third kappa shape index (κ3) is 2.57. The summed E-state index contributed by atoms with van der Waals surface area (Å²) in [5.41, 5.74) is 2.69. The first-order chi connectivity index (χ1) is 9.63. The zero-order chi connectivity index (χ0) is 14.1. The number of hydrogen-bond donors (Lipinski definition) is 1. The highest BCUT2D eigenvalue weighted by Crippen LogP contribution is 2.27. The van der Waals surface area contributed by atoms with Gasteiger partial charge in [0.05, 0.1) is 18.6 Å². The minimum Gasteiger partial charge on any atom is -0.392 e. The molecule has 0 saturated carbocycles. The molecule has 0 spiro atoms. The molecule has 1 aliphatic rings. The summed E-state index contributed by atoms with van der Waals surface area (Å²) in [5.74, 6) is 0.708. The van der Waals surface area contributed by atoms with E-state index in [1.165, 1.54) is 0 Å². The highest BCUT2D eigenvalue weighted by Gasteiger charge is 2.30. The molecule has 2 aromatic heterocycles. The van der Waals surface area contributed by atoms with E-state index >= 15 is 0 Å². The lowest BCUT2D eigenvalue weighted by Crippen LogP contribution is -2.30. The van der Waals surface area contributed by atoms with Gasteiger partial charge in [0.1, 0.15) is 0 Å². The summed E-state index contributed by atoms with van der Waals surface area (Å²) in [5, 5.41) is 14.0. The summed E-state index contributed by atoms with van der Waals surface area (Å²) in [4.78, 5) is 8.71. The lowest BCUT2D eigenvalue weighted by atomic mass is 9.99. The van der Waals surface area contributed by atoms with E-state index in [0.717, 1.165) is 17.0 Å². The fraction of sp³-hybridized carbons (Fsp3) is 0.500. The van der Waals surface area contributed by atoms with E-state index in [9.17, 15) is 5.11 Å². The summed E-state index contributed by atoms with van der Waals surface area (Å²) >= 11 is 0. The van der Waals surface area contributed by atoms with E-state index in [2.05, 4.69) is 15.1 Å². The second-order valence-corrected chi connectivity index (χ2v) is 5.13. The van der Waals surface area contributed by atoms with Crippen LogP contribution in [0.5, 0.6) is 0 Å². The SMILES string of the molecule is Cc1cc(-c2noc(C3COCCC3O)n2)cc(C)n1. The van der Waals surface area contributed by atoms with Crippen LogP contribution >= 0.6 is 0 Å². The molecule has 1 aliphatic heterocycles. The number of aromatic nitrogens is 3. The van der Waals surface area contributed by atoms with Crippen molar-refractivity contribution < 1.29 is 14.4 Å². The second-order valence-electron chi connectivity index (χ2n) is 5.13. The van der Waals surface area contributed by atoms with Gasteiger partial charge in [0.25, 0.3) is 0 Å². The number of aliphatic hydroxyl groups excluding tert-OH is 1. The van der Waals surface area contributed by atoms with Crippen LogP contribution in [0.2, 0.25) is 0 Å². The molecule has 0 radical (unpaired) electrons. The Bertz CT molecular complexity index is 591. The number of rotatable bonds is 2. The molecule has 2 atom stereocenters. The molecule has 3 heterocycles. The van der Waals surface area contributed by atoms with Crippen molar-refractivity contribution in [1.29, 1.82) is 0 Å².